The first-order chi connectivity index (χ1) is 15.3. The largest absolute Gasteiger partial charge is 0.349 e. The van der Waals surface area contributed by atoms with E-state index in [9.17, 15) is 18.0 Å². The molecule has 0 atom stereocenters. The monoisotopic (exact) mass is 459 g/mol. The van der Waals surface area contributed by atoms with Crippen LogP contribution < -0.4 is 10.7 Å². The molecule has 1 aliphatic heterocycles. The zero-order chi connectivity index (χ0) is 22.9. The molecule has 2 aromatic rings. The molecule has 174 valence electrons. The van der Waals surface area contributed by atoms with Crippen molar-refractivity contribution in [2.75, 3.05) is 13.1 Å². The smallest absolute Gasteiger partial charge is 0.256 e. The molecule has 8 heteroatoms. The van der Waals surface area contributed by atoms with E-state index in [2.05, 4.69) is 12.2 Å². The van der Waals surface area contributed by atoms with Crippen LogP contribution in [0.3, 0.4) is 0 Å². The topological polar surface area (TPSA) is 88.5 Å². The summed E-state index contributed by atoms with van der Waals surface area (Å²) in [5.41, 5.74) is 0.298. The SMILES string of the molecule is CCn1cc(C(=O)NC2CCCCC2)c(=O)c2cc(S(=O)(=O)N3CCC(C)CC3)ccc21. The van der Waals surface area contributed by atoms with Crippen molar-refractivity contribution in [2.45, 2.75) is 76.3 Å². The summed E-state index contributed by atoms with van der Waals surface area (Å²) in [5, 5.41) is 3.29. The zero-order valence-electron chi connectivity index (χ0n) is 19.0. The lowest BCUT2D eigenvalue weighted by Gasteiger charge is -2.29. The van der Waals surface area contributed by atoms with Gasteiger partial charge in [0.1, 0.15) is 5.56 Å². The number of aryl methyl sites for hydroxylation is 1. The van der Waals surface area contributed by atoms with Crippen LogP contribution in [-0.4, -0.2) is 42.3 Å². The predicted molar refractivity (Wildman–Crippen MR) is 125 cm³/mol. The van der Waals surface area contributed by atoms with Gasteiger partial charge in [-0.1, -0.05) is 26.2 Å². The van der Waals surface area contributed by atoms with Crippen LogP contribution in [0.15, 0.2) is 34.1 Å². The average molecular weight is 460 g/mol. The number of pyridine rings is 1. The molecule has 2 aliphatic rings. The molecule has 0 radical (unpaired) electrons. The number of nitrogens with zero attached hydrogens (tertiary/aromatic N) is 2. The van der Waals surface area contributed by atoms with Crippen LogP contribution in [0.1, 0.15) is 69.2 Å². The van der Waals surface area contributed by atoms with E-state index in [-0.39, 0.29) is 27.8 Å². The molecule has 1 amide bonds. The number of piperidine rings is 1. The number of amides is 1. The second-order valence-corrected chi connectivity index (χ2v) is 11.2. The van der Waals surface area contributed by atoms with Gasteiger partial charge in [-0.3, -0.25) is 9.59 Å². The second-order valence-electron chi connectivity index (χ2n) is 9.23. The molecule has 32 heavy (non-hydrogen) atoms. The summed E-state index contributed by atoms with van der Waals surface area (Å²) in [4.78, 5) is 26.4. The third kappa shape index (κ3) is 4.48. The minimum atomic E-state index is -3.68. The highest BCUT2D eigenvalue weighted by Crippen LogP contribution is 2.25. The van der Waals surface area contributed by atoms with Crippen LogP contribution in [-0.2, 0) is 16.6 Å². The Labute approximate surface area is 189 Å². The maximum Gasteiger partial charge on any atom is 0.256 e. The summed E-state index contributed by atoms with van der Waals surface area (Å²) in [6, 6.07) is 4.80. The molecule has 7 nitrogen and oxygen atoms in total. The van der Waals surface area contributed by atoms with Gasteiger partial charge >= 0.3 is 0 Å². The summed E-state index contributed by atoms with van der Waals surface area (Å²) >= 11 is 0. The Morgan fingerprint density at radius 1 is 1.09 bits per heavy atom. The molecule has 1 saturated heterocycles. The molecule has 1 aromatic heterocycles. The van der Waals surface area contributed by atoms with Crippen molar-refractivity contribution < 1.29 is 13.2 Å². The Balaban J connectivity index is 1.72. The highest BCUT2D eigenvalue weighted by Gasteiger charge is 2.29. The highest BCUT2D eigenvalue weighted by molar-refractivity contribution is 7.89. The van der Waals surface area contributed by atoms with Gasteiger partial charge in [-0.2, -0.15) is 4.31 Å². The van der Waals surface area contributed by atoms with Crippen molar-refractivity contribution in [2.24, 2.45) is 5.92 Å². The second kappa shape index (κ2) is 9.35. The molecule has 0 spiro atoms. The molecule has 0 unspecified atom stereocenters. The molecule has 4 rings (SSSR count). The Morgan fingerprint density at radius 3 is 2.44 bits per heavy atom. The van der Waals surface area contributed by atoms with Gasteiger partial charge < -0.3 is 9.88 Å². The summed E-state index contributed by atoms with van der Waals surface area (Å²) in [5.74, 6) is 0.143. The molecule has 1 saturated carbocycles. The first kappa shape index (κ1) is 23.0. The van der Waals surface area contributed by atoms with Crippen LogP contribution in [0.25, 0.3) is 10.9 Å². The third-order valence-electron chi connectivity index (χ3n) is 6.96. The standard InChI is InChI=1S/C24H33N3O4S/c1-3-26-16-21(24(29)25-18-7-5-4-6-8-18)23(28)20-15-19(9-10-22(20)26)32(30,31)27-13-11-17(2)12-14-27/h9-10,15-18H,3-8,11-14H2,1-2H3,(H,25,29). The van der Waals surface area contributed by atoms with Gasteiger partial charge in [-0.05, 0) is 56.7 Å². The number of benzene rings is 1. The molecule has 1 aliphatic carbocycles. The van der Waals surface area contributed by atoms with Gasteiger partial charge in [0.25, 0.3) is 5.91 Å². The predicted octanol–water partition coefficient (Wildman–Crippen LogP) is 3.50. The number of fused-ring (bicyclic) bond motifs is 1. The third-order valence-corrected chi connectivity index (χ3v) is 8.85. The van der Waals surface area contributed by atoms with Crippen molar-refractivity contribution in [3.05, 3.63) is 40.2 Å². The maximum atomic E-state index is 13.3. The van der Waals surface area contributed by atoms with E-state index in [1.807, 2.05) is 11.5 Å². The summed E-state index contributed by atoms with van der Waals surface area (Å²) in [6.45, 7) is 5.62. The molecular formula is C24H33N3O4S. The van der Waals surface area contributed by atoms with Crippen molar-refractivity contribution in [3.63, 3.8) is 0 Å². The van der Waals surface area contributed by atoms with E-state index in [0.717, 1.165) is 38.5 Å². The fraction of sp³-hybridized carbons (Fsp3) is 0.583. The van der Waals surface area contributed by atoms with Crippen LogP contribution >= 0.6 is 0 Å². The Hall–Kier alpha value is -2.19. The molecular weight excluding hydrogens is 426 g/mol. The fourth-order valence-corrected chi connectivity index (χ4v) is 6.34. The summed E-state index contributed by atoms with van der Waals surface area (Å²) in [7, 11) is -3.68. The lowest BCUT2D eigenvalue weighted by molar-refractivity contribution is 0.0926. The van der Waals surface area contributed by atoms with Gasteiger partial charge in [-0.15, -0.1) is 0 Å². The zero-order valence-corrected chi connectivity index (χ0v) is 19.8. The number of hydrogen-bond donors (Lipinski definition) is 1. The van der Waals surface area contributed by atoms with Gasteiger partial charge in [0.15, 0.2) is 0 Å². The van der Waals surface area contributed by atoms with Crippen molar-refractivity contribution >= 4 is 26.8 Å². The van der Waals surface area contributed by atoms with E-state index in [1.165, 1.54) is 16.8 Å². The van der Waals surface area contributed by atoms with E-state index in [4.69, 9.17) is 0 Å². The Bertz CT molecular complexity index is 1160. The van der Waals surface area contributed by atoms with Crippen LogP contribution in [0, 0.1) is 5.92 Å². The average Bonchev–Trinajstić information content (AvgIpc) is 2.80. The first-order valence-corrected chi connectivity index (χ1v) is 13.2. The Morgan fingerprint density at radius 2 is 1.78 bits per heavy atom. The van der Waals surface area contributed by atoms with Crippen LogP contribution in [0.5, 0.6) is 0 Å². The molecule has 0 bridgehead atoms. The van der Waals surface area contributed by atoms with Crippen LogP contribution in [0.4, 0.5) is 0 Å². The van der Waals surface area contributed by atoms with E-state index >= 15 is 0 Å². The van der Waals surface area contributed by atoms with Gasteiger partial charge in [0.2, 0.25) is 15.5 Å². The minimum absolute atomic E-state index is 0.0752. The minimum Gasteiger partial charge on any atom is -0.349 e. The number of rotatable bonds is 5. The van der Waals surface area contributed by atoms with E-state index in [1.54, 1.807) is 18.3 Å². The number of aromatic nitrogens is 1. The normalized spacial score (nSPS) is 19.3. The first-order valence-electron chi connectivity index (χ1n) is 11.8. The van der Waals surface area contributed by atoms with Crippen LogP contribution in [0.2, 0.25) is 0 Å². The number of carbonyl (C=O) groups excluding carboxylic acids is 1. The lowest BCUT2D eigenvalue weighted by Crippen LogP contribution is -2.39. The number of hydrogen-bond acceptors (Lipinski definition) is 4. The quantitative estimate of drug-likeness (QED) is 0.741. The Kier molecular flexibility index (Phi) is 6.72. The molecule has 1 N–H and O–H groups in total. The summed E-state index contributed by atoms with van der Waals surface area (Å²) in [6.07, 6.45) is 8.47. The maximum absolute atomic E-state index is 13.3. The van der Waals surface area contributed by atoms with Crippen molar-refractivity contribution in [1.29, 1.82) is 0 Å². The number of nitrogens with one attached hydrogen (secondary N) is 1. The van der Waals surface area contributed by atoms with E-state index in [0.29, 0.717) is 31.1 Å². The van der Waals surface area contributed by atoms with E-state index < -0.39 is 15.5 Å². The van der Waals surface area contributed by atoms with Gasteiger partial charge in [0.05, 0.1) is 10.4 Å². The molecule has 1 aromatic carbocycles. The molecule has 2 heterocycles. The highest BCUT2D eigenvalue weighted by atomic mass is 32.2. The van der Waals surface area contributed by atoms with Gasteiger partial charge in [-0.25, -0.2) is 8.42 Å². The van der Waals surface area contributed by atoms with Crippen molar-refractivity contribution in [3.8, 4) is 0 Å². The number of sulfonamides is 1. The lowest BCUT2D eigenvalue weighted by atomic mass is 9.95. The molecule has 2 fully saturated rings. The van der Waals surface area contributed by atoms with Gasteiger partial charge in [0, 0.05) is 37.3 Å². The van der Waals surface area contributed by atoms with Crippen molar-refractivity contribution in [1.82, 2.24) is 14.2 Å². The fourth-order valence-electron chi connectivity index (χ4n) is 4.84. The summed E-state index contributed by atoms with van der Waals surface area (Å²) < 4.78 is 29.8. The number of carbonyl (C=O) groups is 1.